The number of nitrogens with one attached hydrogen (secondary N) is 2. The molecule has 1 unspecified atom stereocenters. The highest BCUT2D eigenvalue weighted by Crippen LogP contribution is 2.30. The van der Waals surface area contributed by atoms with E-state index < -0.39 is 12.0 Å². The molecule has 1 aromatic carbocycles. The molecule has 0 saturated heterocycles. The molecule has 6 nitrogen and oxygen atoms in total. The second-order valence-electron chi connectivity index (χ2n) is 5.50. The number of amides is 1. The van der Waals surface area contributed by atoms with E-state index in [1.54, 1.807) is 6.20 Å². The van der Waals surface area contributed by atoms with Crippen LogP contribution in [-0.4, -0.2) is 30.1 Å². The molecule has 25 heavy (non-hydrogen) atoms. The number of rotatable bonds is 5. The summed E-state index contributed by atoms with van der Waals surface area (Å²) < 4.78 is 4.72. The molecule has 1 amide bonds. The summed E-state index contributed by atoms with van der Waals surface area (Å²) in [7, 11) is 1.28. The average Bonchev–Trinajstić information content (AvgIpc) is 3.15. The van der Waals surface area contributed by atoms with Crippen molar-refractivity contribution in [1.82, 2.24) is 10.2 Å². The average molecular weight is 355 g/mol. The van der Waals surface area contributed by atoms with Crippen molar-refractivity contribution in [3.05, 3.63) is 69.7 Å². The normalized spacial score (nSPS) is 16.8. The molecule has 0 bridgehead atoms. The van der Waals surface area contributed by atoms with Gasteiger partial charge in [-0.2, -0.15) is 0 Å². The summed E-state index contributed by atoms with van der Waals surface area (Å²) in [5, 5.41) is 11.8. The van der Waals surface area contributed by atoms with Crippen LogP contribution in [0.25, 0.3) is 0 Å². The van der Waals surface area contributed by atoms with Gasteiger partial charge >= 0.3 is 5.97 Å². The molecule has 1 atom stereocenters. The molecule has 3 rings (SSSR count). The molecular formula is C18H17N3O3S. The topological polar surface area (TPSA) is 82.5 Å². The van der Waals surface area contributed by atoms with E-state index in [0.29, 0.717) is 6.54 Å². The van der Waals surface area contributed by atoms with Crippen molar-refractivity contribution in [2.75, 3.05) is 7.11 Å². The maximum atomic E-state index is 12.6. The first-order chi connectivity index (χ1) is 12.1. The quantitative estimate of drug-likeness (QED) is 0.637. The lowest BCUT2D eigenvalue weighted by Gasteiger charge is -2.33. The van der Waals surface area contributed by atoms with Gasteiger partial charge in [0.15, 0.2) is 0 Å². The zero-order chi connectivity index (χ0) is 17.8. The molecule has 1 aliphatic rings. The lowest BCUT2D eigenvalue weighted by Crippen LogP contribution is -2.44. The van der Waals surface area contributed by atoms with Crippen LogP contribution in [0.2, 0.25) is 0 Å². The van der Waals surface area contributed by atoms with E-state index in [1.807, 2.05) is 46.7 Å². The predicted molar refractivity (Wildman–Crippen MR) is 95.2 cm³/mol. The van der Waals surface area contributed by atoms with Gasteiger partial charge in [0.05, 0.1) is 7.11 Å². The molecule has 0 spiro atoms. The van der Waals surface area contributed by atoms with Crippen molar-refractivity contribution in [3.63, 3.8) is 0 Å². The van der Waals surface area contributed by atoms with Gasteiger partial charge in [-0.05, 0) is 22.6 Å². The standard InChI is InChI=1S/C18H17N3O3S/c1-24-18(23)14-11-21(10-13-6-4-12(9-19)5-7-13)16(17(22)20-14)15-3-2-8-25-15/h2-9,11,16,19H,10H2,1H3,(H,20,22). The van der Waals surface area contributed by atoms with Gasteiger partial charge in [0, 0.05) is 23.8 Å². The molecule has 0 fully saturated rings. The number of hydrogen-bond donors (Lipinski definition) is 2. The van der Waals surface area contributed by atoms with Crippen molar-refractivity contribution in [2.45, 2.75) is 12.6 Å². The third kappa shape index (κ3) is 3.61. The number of benzene rings is 1. The van der Waals surface area contributed by atoms with Crippen molar-refractivity contribution in [2.24, 2.45) is 0 Å². The number of thiophene rings is 1. The van der Waals surface area contributed by atoms with Gasteiger partial charge < -0.3 is 20.4 Å². The number of nitrogens with zero attached hydrogens (tertiary/aromatic N) is 1. The minimum absolute atomic E-state index is 0.122. The number of methoxy groups -OCH3 is 1. The van der Waals surface area contributed by atoms with E-state index in [1.165, 1.54) is 24.7 Å². The third-order valence-electron chi connectivity index (χ3n) is 3.86. The number of carbonyl (C=O) groups is 2. The molecule has 2 heterocycles. The third-order valence-corrected chi connectivity index (χ3v) is 4.79. The Morgan fingerprint density at radius 3 is 2.72 bits per heavy atom. The molecule has 2 N–H and O–H groups in total. The SMILES string of the molecule is COC(=O)C1=CN(Cc2ccc(C=N)cc2)C(c2cccs2)C(=O)N1. The van der Waals surface area contributed by atoms with E-state index in [9.17, 15) is 9.59 Å². The fourth-order valence-electron chi connectivity index (χ4n) is 2.64. The number of hydrogen-bond acceptors (Lipinski definition) is 6. The maximum Gasteiger partial charge on any atom is 0.356 e. The first-order valence-electron chi connectivity index (χ1n) is 7.62. The number of carbonyl (C=O) groups excluding carboxylic acids is 2. The summed E-state index contributed by atoms with van der Waals surface area (Å²) >= 11 is 1.49. The molecule has 0 aliphatic carbocycles. The largest absolute Gasteiger partial charge is 0.464 e. The molecule has 1 aliphatic heterocycles. The minimum atomic E-state index is -0.581. The van der Waals surface area contributed by atoms with Crippen LogP contribution < -0.4 is 5.32 Å². The fourth-order valence-corrected chi connectivity index (χ4v) is 3.49. The second kappa shape index (κ2) is 7.31. The van der Waals surface area contributed by atoms with Crippen LogP contribution in [0.3, 0.4) is 0 Å². The Morgan fingerprint density at radius 1 is 1.36 bits per heavy atom. The molecule has 1 aromatic heterocycles. The lowest BCUT2D eigenvalue weighted by molar-refractivity contribution is -0.139. The smallest absolute Gasteiger partial charge is 0.356 e. The molecule has 0 radical (unpaired) electrons. The Morgan fingerprint density at radius 2 is 2.12 bits per heavy atom. The molecule has 128 valence electrons. The van der Waals surface area contributed by atoms with Crippen LogP contribution in [0.15, 0.2) is 53.7 Å². The summed E-state index contributed by atoms with van der Waals surface area (Å²) in [6, 6.07) is 10.8. The Kier molecular flexibility index (Phi) is 4.95. The summed E-state index contributed by atoms with van der Waals surface area (Å²) in [5.41, 5.74) is 1.90. The summed E-state index contributed by atoms with van der Waals surface area (Å²) in [4.78, 5) is 27.2. The minimum Gasteiger partial charge on any atom is -0.464 e. The lowest BCUT2D eigenvalue weighted by atomic mass is 10.1. The number of esters is 1. The molecular weight excluding hydrogens is 338 g/mol. The molecule has 7 heteroatoms. The Bertz CT molecular complexity index is 813. The Labute approximate surface area is 149 Å². The van der Waals surface area contributed by atoms with Gasteiger partial charge in [-0.3, -0.25) is 4.79 Å². The van der Waals surface area contributed by atoms with Gasteiger partial charge in [-0.15, -0.1) is 11.3 Å². The predicted octanol–water partition coefficient (Wildman–Crippen LogP) is 2.43. The fraction of sp³-hybridized carbons (Fsp3) is 0.167. The maximum absolute atomic E-state index is 12.6. The van der Waals surface area contributed by atoms with E-state index in [4.69, 9.17) is 10.1 Å². The molecule has 0 saturated carbocycles. The van der Waals surface area contributed by atoms with Gasteiger partial charge in [0.25, 0.3) is 5.91 Å². The highest BCUT2D eigenvalue weighted by Gasteiger charge is 2.33. The summed E-state index contributed by atoms with van der Waals surface area (Å²) in [6.07, 6.45) is 2.91. The van der Waals surface area contributed by atoms with Crippen molar-refractivity contribution in [3.8, 4) is 0 Å². The zero-order valence-electron chi connectivity index (χ0n) is 13.6. The van der Waals surface area contributed by atoms with E-state index >= 15 is 0 Å². The van der Waals surface area contributed by atoms with E-state index in [0.717, 1.165) is 16.0 Å². The second-order valence-corrected chi connectivity index (χ2v) is 6.48. The van der Waals surface area contributed by atoms with Crippen LogP contribution in [0.5, 0.6) is 0 Å². The van der Waals surface area contributed by atoms with Crippen molar-refractivity contribution < 1.29 is 14.3 Å². The van der Waals surface area contributed by atoms with Crippen LogP contribution in [-0.2, 0) is 20.9 Å². The van der Waals surface area contributed by atoms with E-state index in [-0.39, 0.29) is 11.6 Å². The highest BCUT2D eigenvalue weighted by atomic mass is 32.1. The monoisotopic (exact) mass is 355 g/mol. The molecule has 2 aromatic rings. The van der Waals surface area contributed by atoms with E-state index in [2.05, 4.69) is 5.32 Å². The van der Waals surface area contributed by atoms with Crippen LogP contribution >= 0.6 is 11.3 Å². The van der Waals surface area contributed by atoms with Gasteiger partial charge in [-0.25, -0.2) is 4.79 Å². The van der Waals surface area contributed by atoms with Gasteiger partial charge in [0.1, 0.15) is 11.7 Å². The summed E-state index contributed by atoms with van der Waals surface area (Å²) in [6.45, 7) is 0.453. The first kappa shape index (κ1) is 16.9. The van der Waals surface area contributed by atoms with Gasteiger partial charge in [-0.1, -0.05) is 30.3 Å². The highest BCUT2D eigenvalue weighted by molar-refractivity contribution is 7.10. The van der Waals surface area contributed by atoms with Crippen LogP contribution in [0, 0.1) is 5.41 Å². The van der Waals surface area contributed by atoms with Crippen LogP contribution in [0.1, 0.15) is 22.0 Å². The van der Waals surface area contributed by atoms with Crippen molar-refractivity contribution >= 4 is 29.4 Å². The van der Waals surface area contributed by atoms with Crippen molar-refractivity contribution in [1.29, 1.82) is 5.41 Å². The van der Waals surface area contributed by atoms with Crippen LogP contribution in [0.4, 0.5) is 0 Å². The summed E-state index contributed by atoms with van der Waals surface area (Å²) in [5.74, 6) is -0.844. The number of ether oxygens (including phenoxy) is 1. The Hall–Kier alpha value is -2.93. The zero-order valence-corrected chi connectivity index (χ0v) is 14.4. The first-order valence-corrected chi connectivity index (χ1v) is 8.50. The Balaban J connectivity index is 1.94. The van der Waals surface area contributed by atoms with Gasteiger partial charge in [0.2, 0.25) is 0 Å².